The Balaban J connectivity index is 1.85. The molecule has 0 aromatic carbocycles. The molecule has 2 aromatic heterocycles. The first-order valence-electron chi connectivity index (χ1n) is 6.43. The first kappa shape index (κ1) is 11.1. The predicted molar refractivity (Wildman–Crippen MR) is 71.2 cm³/mol. The number of nitrogens with zero attached hydrogens (tertiary/aromatic N) is 3. The minimum absolute atomic E-state index is 0.573. The van der Waals surface area contributed by atoms with Crippen molar-refractivity contribution >= 4 is 28.8 Å². The molecule has 0 saturated heterocycles. The van der Waals surface area contributed by atoms with Crippen LogP contribution in [0.5, 0.6) is 0 Å². The average Bonchev–Trinajstić information content (AvgIpc) is 3.23. The molecule has 3 nitrogen and oxygen atoms in total. The monoisotopic (exact) mass is 281 g/mol. The van der Waals surface area contributed by atoms with Crippen molar-refractivity contribution in [3.05, 3.63) is 28.1 Å². The molecular formula is C13H13Cl2N3. The number of aromatic nitrogens is 3. The summed E-state index contributed by atoms with van der Waals surface area (Å²) < 4.78 is 1.60. The third-order valence-corrected chi connectivity index (χ3v) is 4.54. The van der Waals surface area contributed by atoms with Gasteiger partial charge in [0.05, 0.1) is 6.20 Å². The van der Waals surface area contributed by atoms with E-state index in [1.54, 1.807) is 10.7 Å². The molecule has 0 atom stereocenters. The van der Waals surface area contributed by atoms with Gasteiger partial charge in [-0.05, 0) is 43.6 Å². The average molecular weight is 282 g/mol. The van der Waals surface area contributed by atoms with Crippen LogP contribution in [0, 0.1) is 11.8 Å². The molecule has 0 bridgehead atoms. The Morgan fingerprint density at radius 1 is 1.17 bits per heavy atom. The molecule has 18 heavy (non-hydrogen) atoms. The summed E-state index contributed by atoms with van der Waals surface area (Å²) in [5.41, 5.74) is 1.80. The third-order valence-electron chi connectivity index (χ3n) is 4.01. The topological polar surface area (TPSA) is 30.2 Å². The first-order valence-corrected chi connectivity index (χ1v) is 7.19. The molecule has 2 aromatic rings. The molecule has 5 heteroatoms. The normalized spacial score (nSPS) is 19.9. The van der Waals surface area contributed by atoms with Gasteiger partial charge >= 0.3 is 0 Å². The van der Waals surface area contributed by atoms with E-state index in [-0.39, 0.29) is 0 Å². The van der Waals surface area contributed by atoms with Crippen LogP contribution in [0.15, 0.2) is 12.3 Å². The molecule has 2 heterocycles. The summed E-state index contributed by atoms with van der Waals surface area (Å²) in [6, 6.07) is 1.97. The number of fused-ring (bicyclic) bond motifs is 1. The summed E-state index contributed by atoms with van der Waals surface area (Å²) in [5, 5.41) is 5.31. The van der Waals surface area contributed by atoms with Crippen molar-refractivity contribution in [2.45, 2.75) is 31.6 Å². The summed E-state index contributed by atoms with van der Waals surface area (Å²) in [6.07, 6.45) is 6.93. The van der Waals surface area contributed by atoms with Gasteiger partial charge in [0.15, 0.2) is 5.65 Å². The summed E-state index contributed by atoms with van der Waals surface area (Å²) in [7, 11) is 0. The fourth-order valence-electron chi connectivity index (χ4n) is 2.87. The standard InChI is InChI=1S/C13H13Cl2N3/c14-9-6-16-18-11(15)5-10(17-13(9)18)12(7-1-2-7)8-3-4-8/h5-8,12H,1-4H2. The van der Waals surface area contributed by atoms with Gasteiger partial charge in [-0.15, -0.1) is 0 Å². The largest absolute Gasteiger partial charge is 0.232 e. The molecule has 2 saturated carbocycles. The number of halogens is 2. The van der Waals surface area contributed by atoms with Crippen molar-refractivity contribution in [2.75, 3.05) is 0 Å². The second-order valence-corrected chi connectivity index (χ2v) is 6.23. The fourth-order valence-corrected chi connectivity index (χ4v) is 3.27. The van der Waals surface area contributed by atoms with Gasteiger partial charge in [-0.25, -0.2) is 9.50 Å². The smallest absolute Gasteiger partial charge is 0.175 e. The molecule has 4 rings (SSSR count). The third kappa shape index (κ3) is 1.72. The lowest BCUT2D eigenvalue weighted by Gasteiger charge is -2.15. The van der Waals surface area contributed by atoms with E-state index in [0.717, 1.165) is 17.5 Å². The molecule has 2 aliphatic carbocycles. The summed E-state index contributed by atoms with van der Waals surface area (Å²) in [4.78, 5) is 4.70. The van der Waals surface area contributed by atoms with Crippen LogP contribution in [0.3, 0.4) is 0 Å². The predicted octanol–water partition coefficient (Wildman–Crippen LogP) is 3.94. The Kier molecular flexibility index (Phi) is 2.36. The molecule has 94 valence electrons. The molecular weight excluding hydrogens is 269 g/mol. The van der Waals surface area contributed by atoms with E-state index in [0.29, 0.717) is 21.7 Å². The van der Waals surface area contributed by atoms with Crippen molar-refractivity contribution in [3.63, 3.8) is 0 Å². The summed E-state index contributed by atoms with van der Waals surface area (Å²) >= 11 is 12.4. The number of hydrogen-bond donors (Lipinski definition) is 0. The van der Waals surface area contributed by atoms with Crippen molar-refractivity contribution < 1.29 is 0 Å². The Morgan fingerprint density at radius 3 is 2.44 bits per heavy atom. The zero-order valence-corrected chi connectivity index (χ0v) is 11.3. The van der Waals surface area contributed by atoms with E-state index >= 15 is 0 Å². The lowest BCUT2D eigenvalue weighted by Crippen LogP contribution is -2.08. The van der Waals surface area contributed by atoms with Crippen LogP contribution in [0.2, 0.25) is 10.2 Å². The molecule has 0 amide bonds. The molecule has 0 aliphatic heterocycles. The number of hydrogen-bond acceptors (Lipinski definition) is 2. The minimum atomic E-state index is 0.573. The summed E-state index contributed by atoms with van der Waals surface area (Å²) in [5.74, 6) is 2.20. The Bertz CT molecular complexity index is 602. The maximum absolute atomic E-state index is 6.27. The minimum Gasteiger partial charge on any atom is -0.232 e. The second-order valence-electron chi connectivity index (χ2n) is 5.43. The van der Waals surface area contributed by atoms with Crippen molar-refractivity contribution in [3.8, 4) is 0 Å². The van der Waals surface area contributed by atoms with Crippen LogP contribution < -0.4 is 0 Å². The van der Waals surface area contributed by atoms with E-state index in [1.165, 1.54) is 25.7 Å². The van der Waals surface area contributed by atoms with Gasteiger partial charge in [0.1, 0.15) is 10.2 Å². The zero-order valence-electron chi connectivity index (χ0n) is 9.81. The Morgan fingerprint density at radius 2 is 1.83 bits per heavy atom. The van der Waals surface area contributed by atoms with Crippen LogP contribution in [0.4, 0.5) is 0 Å². The van der Waals surface area contributed by atoms with E-state index in [9.17, 15) is 0 Å². The van der Waals surface area contributed by atoms with Gasteiger partial charge in [0, 0.05) is 11.6 Å². The lowest BCUT2D eigenvalue weighted by molar-refractivity contribution is 0.524. The highest BCUT2D eigenvalue weighted by atomic mass is 35.5. The van der Waals surface area contributed by atoms with Crippen molar-refractivity contribution in [1.29, 1.82) is 0 Å². The van der Waals surface area contributed by atoms with Gasteiger partial charge < -0.3 is 0 Å². The zero-order chi connectivity index (χ0) is 12.3. The van der Waals surface area contributed by atoms with Crippen LogP contribution in [-0.4, -0.2) is 14.6 Å². The van der Waals surface area contributed by atoms with Crippen LogP contribution in [0.25, 0.3) is 5.65 Å². The van der Waals surface area contributed by atoms with E-state index in [2.05, 4.69) is 5.10 Å². The number of rotatable bonds is 3. The Labute approximate surface area is 115 Å². The highest BCUT2D eigenvalue weighted by Gasteiger charge is 2.43. The molecule has 2 aliphatic rings. The maximum atomic E-state index is 6.27. The van der Waals surface area contributed by atoms with Crippen molar-refractivity contribution in [1.82, 2.24) is 14.6 Å². The van der Waals surface area contributed by atoms with Crippen LogP contribution in [0.1, 0.15) is 37.3 Å². The highest BCUT2D eigenvalue weighted by molar-refractivity contribution is 6.34. The van der Waals surface area contributed by atoms with E-state index in [1.807, 2.05) is 6.07 Å². The highest BCUT2D eigenvalue weighted by Crippen LogP contribution is 2.54. The quantitative estimate of drug-likeness (QED) is 0.798. The molecule has 2 fully saturated rings. The fraction of sp³-hybridized carbons (Fsp3) is 0.538. The van der Waals surface area contributed by atoms with Crippen molar-refractivity contribution in [2.24, 2.45) is 11.8 Å². The lowest BCUT2D eigenvalue weighted by atomic mass is 9.94. The maximum Gasteiger partial charge on any atom is 0.175 e. The summed E-state index contributed by atoms with van der Waals surface area (Å²) in [6.45, 7) is 0. The van der Waals surface area contributed by atoms with Gasteiger partial charge in [-0.2, -0.15) is 5.10 Å². The van der Waals surface area contributed by atoms with Gasteiger partial charge in [-0.3, -0.25) is 0 Å². The SMILES string of the molecule is Clc1cnn2c(Cl)cc(C(C3CC3)C3CC3)nc12. The van der Waals surface area contributed by atoms with E-state index < -0.39 is 0 Å². The van der Waals surface area contributed by atoms with Gasteiger partial charge in [0.25, 0.3) is 0 Å². The Hall–Kier alpha value is -0.800. The van der Waals surface area contributed by atoms with Gasteiger partial charge in [-0.1, -0.05) is 23.2 Å². The van der Waals surface area contributed by atoms with Crippen LogP contribution >= 0.6 is 23.2 Å². The molecule has 0 radical (unpaired) electrons. The van der Waals surface area contributed by atoms with E-state index in [4.69, 9.17) is 28.2 Å². The van der Waals surface area contributed by atoms with Crippen LogP contribution in [-0.2, 0) is 0 Å². The van der Waals surface area contributed by atoms with Gasteiger partial charge in [0.2, 0.25) is 0 Å². The molecule has 0 unspecified atom stereocenters. The first-order chi connectivity index (χ1) is 8.74. The molecule has 0 N–H and O–H groups in total. The second kappa shape index (κ2) is 3.84. The molecule has 0 spiro atoms.